The predicted octanol–water partition coefficient (Wildman–Crippen LogP) is 27.7. The number of nitrogens with zero attached hydrogens (tertiary/aromatic N) is 3. The van der Waals surface area contributed by atoms with Crippen LogP contribution < -0.4 is 26.2 Å². The summed E-state index contributed by atoms with van der Waals surface area (Å²) in [5, 5.41) is 10.4. The number of rotatable bonds is 9. The van der Waals surface area contributed by atoms with Gasteiger partial charge in [0, 0.05) is 61.5 Å². The first kappa shape index (κ1) is 68.8. The largest absolute Gasteiger partial charge is 0.310 e. The summed E-state index contributed by atoms with van der Waals surface area (Å²) in [5.74, 6) is 0. The first-order valence-electron chi connectivity index (χ1n) is 39.6. The molecule has 0 radical (unpaired) electrons. The highest BCUT2D eigenvalue weighted by Crippen LogP contribution is 2.57. The summed E-state index contributed by atoms with van der Waals surface area (Å²) in [4.78, 5) is 5.54. The Labute approximate surface area is 649 Å². The van der Waals surface area contributed by atoms with Crippen molar-refractivity contribution in [3.8, 4) is 72.4 Å². The molecule has 0 saturated heterocycles. The number of hydrogen-bond acceptors (Lipinski definition) is 2. The van der Waals surface area contributed by atoms with Crippen molar-refractivity contribution in [3.63, 3.8) is 0 Å². The fraction of sp³-hybridized carbons (Fsp3) is 0.189. The SMILES string of the molecule is CC(C)(C)c1cc(-c2ccc3c(c2)N(c2c(-c4ccccc4)cc(C(C)(C)C)cc2-c2cccc(-c4ccccc4)c2)c2cc(C(C)(C)C)cc4c2B3c2ccc(-n3c5ccc6cccc7c8cccc9ccc3c(c98)c5c67)cc2N4c2c(-c3ccccc3)cc(C(C)(C)C)cc2-c2ccccc2)cc(C(C)(C)C)c1. The molecule has 1 aromatic heterocycles. The molecule has 0 N–H and O–H groups in total. The number of benzene rings is 16. The Hall–Kier alpha value is -11.7. The van der Waals surface area contributed by atoms with Crippen LogP contribution in [-0.4, -0.2) is 11.3 Å². The van der Waals surface area contributed by atoms with Gasteiger partial charge >= 0.3 is 0 Å². The van der Waals surface area contributed by atoms with E-state index in [1.165, 1.54) is 154 Å². The van der Waals surface area contributed by atoms with Crippen LogP contribution in [0.5, 0.6) is 0 Å². The summed E-state index contributed by atoms with van der Waals surface area (Å²) in [5.41, 5.74) is 33.8. The minimum Gasteiger partial charge on any atom is -0.310 e. The van der Waals surface area contributed by atoms with Gasteiger partial charge < -0.3 is 14.4 Å². The second kappa shape index (κ2) is 24.9. The van der Waals surface area contributed by atoms with Gasteiger partial charge in [-0.15, -0.1) is 0 Å². The van der Waals surface area contributed by atoms with Crippen LogP contribution in [0.3, 0.4) is 0 Å². The van der Waals surface area contributed by atoms with Gasteiger partial charge in [0.25, 0.3) is 6.71 Å². The molecule has 0 saturated carbocycles. The van der Waals surface area contributed by atoms with Crippen LogP contribution in [0, 0.1) is 0 Å². The van der Waals surface area contributed by atoms with Gasteiger partial charge in [0.05, 0.1) is 22.4 Å². The molecule has 0 fully saturated rings. The van der Waals surface area contributed by atoms with Crippen LogP contribution >= 0.6 is 0 Å². The summed E-state index contributed by atoms with van der Waals surface area (Å²) in [7, 11) is 0. The molecule has 0 amide bonds. The molecular weight excluding hydrogens is 1330 g/mol. The van der Waals surface area contributed by atoms with E-state index in [1.807, 2.05) is 0 Å². The Morgan fingerprint density at radius 3 is 1.05 bits per heavy atom. The van der Waals surface area contributed by atoms with Crippen molar-refractivity contribution in [3.05, 3.63) is 325 Å². The average molecular weight is 1420 g/mol. The van der Waals surface area contributed by atoms with Gasteiger partial charge in [-0.05, 0) is 221 Å². The maximum Gasteiger partial charge on any atom is 0.252 e. The molecule has 110 heavy (non-hydrogen) atoms. The first-order chi connectivity index (χ1) is 52.7. The molecule has 16 aromatic carbocycles. The second-order valence-corrected chi connectivity index (χ2v) is 36.5. The normalized spacial score (nSPS) is 13.4. The Balaban J connectivity index is 0.999. The van der Waals surface area contributed by atoms with Crippen LogP contribution in [0.15, 0.2) is 297 Å². The molecule has 0 aliphatic carbocycles. The van der Waals surface area contributed by atoms with Crippen molar-refractivity contribution in [2.45, 2.75) is 131 Å². The Bertz CT molecular complexity index is 6330. The molecule has 19 rings (SSSR count). The minimum absolute atomic E-state index is 0.106. The topological polar surface area (TPSA) is 11.4 Å². The lowest BCUT2D eigenvalue weighted by molar-refractivity contribution is 0.569. The molecule has 2 aliphatic heterocycles. The molecule has 0 unspecified atom stereocenters. The molecule has 3 heterocycles. The molecule has 0 bridgehead atoms. The standard InChI is InChI=1S/C106H94BN3/c1-102(2,3)75-54-74(55-76(57-75)103(4,5)6)72-45-49-87-91(56-72)109(101-85(68-37-26-19-27-38-68)60-78(105(10,11)12)61-86(101)73-42-28-41-71(53-73)65-31-20-16-21-32-65)93-62-79(106(13,14)15)63-94-99(93)107(87)88-50-48-80(108-89-51-46-69-39-29-43-81-82-44-30-40-70-47-52-90(108)98(96(70)82)97(89)95(69)81)64-92(88)110(94)100-83(66-33-22-17-23-34-66)58-77(104(7,8)9)59-84(100)67-35-24-18-25-36-67/h16-64H,1-15H3. The van der Waals surface area contributed by atoms with Gasteiger partial charge in [0.15, 0.2) is 0 Å². The lowest BCUT2D eigenvalue weighted by Crippen LogP contribution is -2.61. The highest BCUT2D eigenvalue weighted by atomic mass is 15.2. The lowest BCUT2D eigenvalue weighted by Gasteiger charge is -2.47. The first-order valence-corrected chi connectivity index (χ1v) is 39.6. The van der Waals surface area contributed by atoms with E-state index < -0.39 is 0 Å². The van der Waals surface area contributed by atoms with E-state index >= 15 is 0 Å². The van der Waals surface area contributed by atoms with Gasteiger partial charge in [-0.2, -0.15) is 0 Å². The third-order valence-corrected chi connectivity index (χ3v) is 24.2. The van der Waals surface area contributed by atoms with E-state index in [4.69, 9.17) is 0 Å². The van der Waals surface area contributed by atoms with Crippen molar-refractivity contribution in [1.29, 1.82) is 0 Å². The summed E-state index contributed by atoms with van der Waals surface area (Å²) >= 11 is 0. The molecule has 0 atom stereocenters. The number of aromatic nitrogens is 1. The number of anilines is 6. The molecule has 536 valence electrons. The highest BCUT2D eigenvalue weighted by Gasteiger charge is 2.47. The van der Waals surface area contributed by atoms with Gasteiger partial charge in [-0.3, -0.25) is 0 Å². The monoisotopic (exact) mass is 1420 g/mol. The fourth-order valence-electron chi connectivity index (χ4n) is 18.2. The molecule has 3 nitrogen and oxygen atoms in total. The second-order valence-electron chi connectivity index (χ2n) is 36.5. The van der Waals surface area contributed by atoms with Crippen molar-refractivity contribution in [1.82, 2.24) is 4.57 Å². The van der Waals surface area contributed by atoms with Crippen LogP contribution in [-0.2, 0) is 27.1 Å². The van der Waals surface area contributed by atoms with E-state index in [1.54, 1.807) is 0 Å². The maximum absolute atomic E-state index is 2.77. The van der Waals surface area contributed by atoms with Gasteiger partial charge in [0.2, 0.25) is 0 Å². The van der Waals surface area contributed by atoms with E-state index in [0.29, 0.717) is 0 Å². The smallest absolute Gasteiger partial charge is 0.252 e. The highest BCUT2D eigenvalue weighted by molar-refractivity contribution is 7.00. The third kappa shape index (κ3) is 11.1. The molecular formula is C106H94BN3. The lowest BCUT2D eigenvalue weighted by atomic mass is 9.33. The quantitative estimate of drug-likeness (QED) is 0.0811. The van der Waals surface area contributed by atoms with Crippen LogP contribution in [0.1, 0.15) is 132 Å². The van der Waals surface area contributed by atoms with E-state index in [0.717, 1.165) is 50.7 Å². The molecule has 0 spiro atoms. The van der Waals surface area contributed by atoms with Crippen LogP contribution in [0.25, 0.3) is 127 Å². The molecule has 17 aromatic rings. The molecule has 2 aliphatic rings. The van der Waals surface area contributed by atoms with Gasteiger partial charge in [-0.1, -0.05) is 328 Å². The zero-order chi connectivity index (χ0) is 75.8. The summed E-state index contributed by atoms with van der Waals surface area (Å²) in [6, 6.07) is 115. The van der Waals surface area contributed by atoms with Gasteiger partial charge in [0.1, 0.15) is 0 Å². The Kier molecular flexibility index (Phi) is 15.6. The Morgan fingerprint density at radius 1 is 0.236 bits per heavy atom. The van der Waals surface area contributed by atoms with Crippen molar-refractivity contribution in [2.75, 3.05) is 9.80 Å². The molecule has 4 heteroatoms. The maximum atomic E-state index is 2.77. The number of hydrogen-bond donors (Lipinski definition) is 0. The van der Waals surface area contributed by atoms with E-state index in [9.17, 15) is 0 Å². The summed E-state index contributed by atoms with van der Waals surface area (Å²) < 4.78 is 2.60. The van der Waals surface area contributed by atoms with Crippen LogP contribution in [0.2, 0.25) is 0 Å². The average Bonchev–Trinajstić information content (AvgIpc) is 1.16. The van der Waals surface area contributed by atoms with Crippen molar-refractivity contribution in [2.24, 2.45) is 0 Å². The third-order valence-electron chi connectivity index (χ3n) is 24.2. The summed E-state index contributed by atoms with van der Waals surface area (Å²) in [6.45, 7) is 35.4. The van der Waals surface area contributed by atoms with Crippen LogP contribution in [0.4, 0.5) is 34.1 Å². The fourth-order valence-corrected chi connectivity index (χ4v) is 18.2. The van der Waals surface area contributed by atoms with E-state index in [-0.39, 0.29) is 33.8 Å². The van der Waals surface area contributed by atoms with Gasteiger partial charge in [-0.25, -0.2) is 0 Å². The predicted molar refractivity (Wildman–Crippen MR) is 476 cm³/mol. The zero-order valence-corrected chi connectivity index (χ0v) is 66.2. The minimum atomic E-state index is -0.344. The van der Waals surface area contributed by atoms with E-state index in [2.05, 4.69) is 415 Å². The van der Waals surface area contributed by atoms with Crippen molar-refractivity contribution >= 4 is 111 Å². The Morgan fingerprint density at radius 2 is 0.600 bits per heavy atom. The zero-order valence-electron chi connectivity index (χ0n) is 66.2. The summed E-state index contributed by atoms with van der Waals surface area (Å²) in [6.07, 6.45) is 0. The number of fused-ring (bicyclic) bond motifs is 5. The van der Waals surface area contributed by atoms with Crippen molar-refractivity contribution < 1.29 is 0 Å².